The smallest absolute Gasteiger partial charge is 0.316 e. The summed E-state index contributed by atoms with van der Waals surface area (Å²) in [5, 5.41) is 10.2. The van der Waals surface area contributed by atoms with Gasteiger partial charge in [-0.1, -0.05) is 11.8 Å². The van der Waals surface area contributed by atoms with Gasteiger partial charge in [-0.2, -0.15) is 0 Å². The number of aromatic amines is 1. The molecule has 2 heterocycles. The molecule has 106 valence electrons. The number of aromatic nitrogens is 5. The molecule has 0 unspecified atom stereocenters. The van der Waals surface area contributed by atoms with Gasteiger partial charge in [0, 0.05) is 24.7 Å². The third kappa shape index (κ3) is 3.92. The highest BCUT2D eigenvalue weighted by molar-refractivity contribution is 7.99. The van der Waals surface area contributed by atoms with Crippen LogP contribution in [0.1, 0.15) is 16.2 Å². The summed E-state index contributed by atoms with van der Waals surface area (Å²) >= 11 is 1.47. The summed E-state index contributed by atoms with van der Waals surface area (Å²) in [5.41, 5.74) is 0.393. The maximum absolute atomic E-state index is 11.8. The molecule has 0 aliphatic carbocycles. The lowest BCUT2D eigenvalue weighted by Crippen LogP contribution is -2.26. The quantitative estimate of drug-likeness (QED) is 0.588. The standard InChI is InChI=1S/C11H14N6O2S/c1-7-15-11(17-16-7)20-4-3-12-9(18)8-5-13-10(19-2)14-6-8/h5-6H,3-4H2,1-2H3,(H,12,18)(H,15,16,17). The highest BCUT2D eigenvalue weighted by Crippen LogP contribution is 2.10. The molecule has 20 heavy (non-hydrogen) atoms. The molecule has 0 bridgehead atoms. The summed E-state index contributed by atoms with van der Waals surface area (Å²) in [6, 6.07) is 0.233. The zero-order chi connectivity index (χ0) is 14.4. The number of thioether (sulfide) groups is 1. The first-order valence-corrected chi connectivity index (χ1v) is 6.83. The Balaban J connectivity index is 1.74. The zero-order valence-electron chi connectivity index (χ0n) is 11.1. The van der Waals surface area contributed by atoms with Crippen LogP contribution in [0, 0.1) is 6.92 Å². The van der Waals surface area contributed by atoms with Gasteiger partial charge in [0.05, 0.1) is 12.7 Å². The fourth-order valence-electron chi connectivity index (χ4n) is 1.33. The maximum Gasteiger partial charge on any atom is 0.316 e. The molecule has 2 aromatic heterocycles. The first-order chi connectivity index (χ1) is 9.69. The summed E-state index contributed by atoms with van der Waals surface area (Å²) in [5.74, 6) is 1.23. The second kappa shape index (κ2) is 6.85. The first kappa shape index (κ1) is 14.3. The van der Waals surface area contributed by atoms with Crippen molar-refractivity contribution in [1.29, 1.82) is 0 Å². The fourth-order valence-corrected chi connectivity index (χ4v) is 2.03. The number of ether oxygens (including phenoxy) is 1. The van der Waals surface area contributed by atoms with Crippen LogP contribution in [-0.2, 0) is 0 Å². The molecule has 9 heteroatoms. The number of nitrogens with zero attached hydrogens (tertiary/aromatic N) is 4. The van der Waals surface area contributed by atoms with Gasteiger partial charge in [-0.05, 0) is 6.92 Å². The van der Waals surface area contributed by atoms with Crippen LogP contribution in [0.4, 0.5) is 0 Å². The van der Waals surface area contributed by atoms with Gasteiger partial charge in [-0.3, -0.25) is 9.89 Å². The molecular formula is C11H14N6O2S. The van der Waals surface area contributed by atoms with Gasteiger partial charge in [0.1, 0.15) is 5.82 Å². The van der Waals surface area contributed by atoms with Crippen LogP contribution in [0.3, 0.4) is 0 Å². The van der Waals surface area contributed by atoms with Crippen LogP contribution in [0.15, 0.2) is 17.6 Å². The molecule has 2 rings (SSSR count). The Kier molecular flexibility index (Phi) is 4.88. The molecule has 2 aromatic rings. The number of hydrogen-bond acceptors (Lipinski definition) is 7. The van der Waals surface area contributed by atoms with Gasteiger partial charge < -0.3 is 10.1 Å². The summed E-state index contributed by atoms with van der Waals surface area (Å²) in [4.78, 5) is 23.7. The highest BCUT2D eigenvalue weighted by atomic mass is 32.2. The van der Waals surface area contributed by atoms with Gasteiger partial charge in [0.2, 0.25) is 5.16 Å². The van der Waals surface area contributed by atoms with E-state index in [0.29, 0.717) is 23.0 Å². The third-order valence-corrected chi connectivity index (χ3v) is 3.12. The molecular weight excluding hydrogens is 280 g/mol. The van der Waals surface area contributed by atoms with Crippen LogP contribution < -0.4 is 10.1 Å². The van der Waals surface area contributed by atoms with E-state index < -0.39 is 0 Å². The van der Waals surface area contributed by atoms with Crippen molar-refractivity contribution in [2.75, 3.05) is 19.4 Å². The molecule has 0 aromatic carbocycles. The van der Waals surface area contributed by atoms with E-state index in [1.165, 1.54) is 31.3 Å². The molecule has 0 aliphatic rings. The molecule has 0 atom stereocenters. The van der Waals surface area contributed by atoms with Crippen molar-refractivity contribution in [2.24, 2.45) is 0 Å². The third-order valence-electron chi connectivity index (χ3n) is 2.27. The second-order valence-corrected chi connectivity index (χ2v) is 4.83. The monoisotopic (exact) mass is 294 g/mol. The van der Waals surface area contributed by atoms with Crippen LogP contribution in [0.25, 0.3) is 0 Å². The molecule has 0 fully saturated rings. The van der Waals surface area contributed by atoms with Gasteiger partial charge in [-0.25, -0.2) is 15.0 Å². The van der Waals surface area contributed by atoms with Crippen LogP contribution in [-0.4, -0.2) is 50.5 Å². The number of H-pyrrole nitrogens is 1. The predicted octanol–water partition coefficient (Wildman–Crippen LogP) is 0.434. The number of methoxy groups -OCH3 is 1. The van der Waals surface area contributed by atoms with Crippen molar-refractivity contribution in [1.82, 2.24) is 30.5 Å². The van der Waals surface area contributed by atoms with Crippen molar-refractivity contribution in [2.45, 2.75) is 12.1 Å². The number of carbonyl (C=O) groups excluding carboxylic acids is 1. The minimum atomic E-state index is -0.223. The molecule has 0 saturated carbocycles. The predicted molar refractivity (Wildman–Crippen MR) is 72.8 cm³/mol. The van der Waals surface area contributed by atoms with Crippen molar-refractivity contribution < 1.29 is 9.53 Å². The SMILES string of the molecule is COc1ncc(C(=O)NCCSc2n[nH]c(C)n2)cn1. The first-order valence-electron chi connectivity index (χ1n) is 5.85. The fraction of sp³-hybridized carbons (Fsp3) is 0.364. The minimum absolute atomic E-state index is 0.223. The van der Waals surface area contributed by atoms with Crippen LogP contribution in [0.5, 0.6) is 6.01 Å². The van der Waals surface area contributed by atoms with Crippen LogP contribution >= 0.6 is 11.8 Å². The van der Waals surface area contributed by atoms with Gasteiger partial charge in [0.15, 0.2) is 0 Å². The van der Waals surface area contributed by atoms with Gasteiger partial charge in [-0.15, -0.1) is 5.10 Å². The number of carbonyl (C=O) groups is 1. The summed E-state index contributed by atoms with van der Waals surface area (Å²) in [7, 11) is 1.47. The Morgan fingerprint density at radius 2 is 2.20 bits per heavy atom. The Morgan fingerprint density at radius 1 is 1.45 bits per heavy atom. The van der Waals surface area contributed by atoms with Crippen molar-refractivity contribution >= 4 is 17.7 Å². The van der Waals surface area contributed by atoms with E-state index in [9.17, 15) is 4.79 Å². The second-order valence-electron chi connectivity index (χ2n) is 3.77. The lowest BCUT2D eigenvalue weighted by atomic mass is 10.3. The molecule has 2 N–H and O–H groups in total. The van der Waals surface area contributed by atoms with E-state index in [4.69, 9.17) is 4.74 Å². The largest absolute Gasteiger partial charge is 0.467 e. The topological polar surface area (TPSA) is 106 Å². The van der Waals surface area contributed by atoms with E-state index in [2.05, 4.69) is 30.5 Å². The summed E-state index contributed by atoms with van der Waals surface area (Å²) in [6.45, 7) is 2.34. The van der Waals surface area contributed by atoms with Crippen molar-refractivity contribution in [3.8, 4) is 6.01 Å². The van der Waals surface area contributed by atoms with E-state index in [1.807, 2.05) is 6.92 Å². The van der Waals surface area contributed by atoms with Gasteiger partial charge >= 0.3 is 6.01 Å². The number of hydrogen-bond donors (Lipinski definition) is 2. The Labute approximate surface area is 119 Å². The number of aryl methyl sites for hydroxylation is 1. The lowest BCUT2D eigenvalue weighted by molar-refractivity contribution is 0.0955. The number of amides is 1. The van der Waals surface area contributed by atoms with E-state index in [1.54, 1.807) is 0 Å². The van der Waals surface area contributed by atoms with Gasteiger partial charge in [0.25, 0.3) is 5.91 Å². The molecule has 8 nitrogen and oxygen atoms in total. The van der Waals surface area contributed by atoms with E-state index in [-0.39, 0.29) is 11.9 Å². The lowest BCUT2D eigenvalue weighted by Gasteiger charge is -2.04. The van der Waals surface area contributed by atoms with Crippen molar-refractivity contribution in [3.05, 3.63) is 23.8 Å². The van der Waals surface area contributed by atoms with Crippen molar-refractivity contribution in [3.63, 3.8) is 0 Å². The zero-order valence-corrected chi connectivity index (χ0v) is 11.9. The maximum atomic E-state index is 11.8. The molecule has 0 radical (unpaired) electrons. The Morgan fingerprint density at radius 3 is 2.80 bits per heavy atom. The molecule has 0 saturated heterocycles. The minimum Gasteiger partial charge on any atom is -0.467 e. The molecule has 0 spiro atoms. The highest BCUT2D eigenvalue weighted by Gasteiger charge is 2.07. The Hall–Kier alpha value is -2.16. The molecule has 0 aliphatic heterocycles. The van der Waals surface area contributed by atoms with E-state index in [0.717, 1.165) is 5.82 Å². The summed E-state index contributed by atoms with van der Waals surface area (Å²) < 4.78 is 4.82. The summed E-state index contributed by atoms with van der Waals surface area (Å²) in [6.07, 6.45) is 2.85. The number of nitrogens with one attached hydrogen (secondary N) is 2. The van der Waals surface area contributed by atoms with E-state index >= 15 is 0 Å². The average molecular weight is 294 g/mol. The van der Waals surface area contributed by atoms with Crippen LogP contribution in [0.2, 0.25) is 0 Å². The Bertz CT molecular complexity index is 571. The molecule has 1 amide bonds. The normalized spacial score (nSPS) is 10.3. The average Bonchev–Trinajstić information content (AvgIpc) is 2.89. The number of rotatable bonds is 6.